The smallest absolute Gasteiger partial charge is 0.0678 e. The maximum atomic E-state index is 5.94. The fraction of sp³-hybridized carbons (Fsp3) is 1.00. The van der Waals surface area contributed by atoms with Gasteiger partial charge in [-0.2, -0.15) is 0 Å². The van der Waals surface area contributed by atoms with Gasteiger partial charge in [-0.15, -0.1) is 0 Å². The van der Waals surface area contributed by atoms with Crippen LogP contribution in [0.5, 0.6) is 0 Å². The van der Waals surface area contributed by atoms with E-state index in [0.29, 0.717) is 0 Å². The highest BCUT2D eigenvalue weighted by Gasteiger charge is 2.22. The maximum absolute atomic E-state index is 5.94. The first-order valence-corrected chi connectivity index (χ1v) is 7.95. The van der Waals surface area contributed by atoms with Crippen molar-refractivity contribution in [2.75, 3.05) is 12.8 Å². The summed E-state index contributed by atoms with van der Waals surface area (Å²) in [5.41, 5.74) is -0.0188. The maximum Gasteiger partial charge on any atom is 0.0678 e. The normalized spacial score (nSPS) is 17.4. The molecule has 0 aromatic rings. The molecular formula is C9H21OPS. The molecule has 0 aliphatic heterocycles. The highest BCUT2D eigenvalue weighted by Crippen LogP contribution is 2.47. The Morgan fingerprint density at radius 1 is 1.33 bits per heavy atom. The second-order valence-electron chi connectivity index (χ2n) is 3.93. The summed E-state index contributed by atoms with van der Waals surface area (Å²) in [6, 6.07) is 0. The minimum Gasteiger partial charge on any atom is -0.345 e. The van der Waals surface area contributed by atoms with Crippen LogP contribution in [0.2, 0.25) is 0 Å². The molecule has 0 spiro atoms. The van der Waals surface area contributed by atoms with Crippen LogP contribution in [0.4, 0.5) is 0 Å². The van der Waals surface area contributed by atoms with E-state index in [1.54, 1.807) is 0 Å². The van der Waals surface area contributed by atoms with E-state index in [1.165, 1.54) is 0 Å². The molecule has 0 radical (unpaired) electrons. The van der Waals surface area contributed by atoms with Crippen molar-refractivity contribution in [1.29, 1.82) is 0 Å². The average Bonchev–Trinajstić information content (AvgIpc) is 1.85. The molecule has 12 heavy (non-hydrogen) atoms. The molecule has 1 nitrogen and oxygen atoms in total. The molecule has 1 unspecified atom stereocenters. The van der Waals surface area contributed by atoms with Gasteiger partial charge in [0, 0.05) is 0 Å². The Balaban J connectivity index is 4.14. The van der Waals surface area contributed by atoms with Crippen molar-refractivity contribution in [2.45, 2.75) is 46.1 Å². The molecule has 0 N–H and O–H groups in total. The van der Waals surface area contributed by atoms with Gasteiger partial charge >= 0.3 is 0 Å². The number of hydrogen-bond donors (Lipinski definition) is 0. The minimum atomic E-state index is -1.49. The molecule has 3 heteroatoms. The Kier molecular flexibility index (Phi) is 4.98. The average molecular weight is 208 g/mol. The van der Waals surface area contributed by atoms with Crippen LogP contribution in [0.1, 0.15) is 40.5 Å². The lowest BCUT2D eigenvalue weighted by Crippen LogP contribution is -2.22. The lowest BCUT2D eigenvalue weighted by molar-refractivity contribution is 0.116. The monoisotopic (exact) mass is 208 g/mol. The fourth-order valence-electron chi connectivity index (χ4n) is 1.24. The van der Waals surface area contributed by atoms with Crippen LogP contribution in [0.25, 0.3) is 0 Å². The zero-order valence-electron chi connectivity index (χ0n) is 8.89. The van der Waals surface area contributed by atoms with Crippen molar-refractivity contribution in [3.63, 3.8) is 0 Å². The zero-order valence-corrected chi connectivity index (χ0v) is 10.6. The molecule has 0 aromatic heterocycles. The van der Waals surface area contributed by atoms with Crippen LogP contribution in [0.15, 0.2) is 0 Å². The van der Waals surface area contributed by atoms with Crippen molar-refractivity contribution < 1.29 is 4.52 Å². The van der Waals surface area contributed by atoms with Crippen molar-refractivity contribution in [3.8, 4) is 0 Å². The van der Waals surface area contributed by atoms with E-state index in [1.807, 2.05) is 0 Å². The number of hydrogen-bond acceptors (Lipinski definition) is 2. The SMILES string of the molecule is CCCC(C)(C)OP(C)(=S)CC. The summed E-state index contributed by atoms with van der Waals surface area (Å²) >= 11 is 5.40. The lowest BCUT2D eigenvalue weighted by Gasteiger charge is -2.30. The van der Waals surface area contributed by atoms with Gasteiger partial charge < -0.3 is 4.52 Å². The van der Waals surface area contributed by atoms with Crippen LogP contribution < -0.4 is 0 Å². The molecule has 0 heterocycles. The van der Waals surface area contributed by atoms with E-state index in [4.69, 9.17) is 16.3 Å². The van der Waals surface area contributed by atoms with Crippen LogP contribution >= 0.6 is 6.26 Å². The third-order valence-electron chi connectivity index (χ3n) is 1.87. The van der Waals surface area contributed by atoms with Gasteiger partial charge in [-0.1, -0.05) is 32.1 Å². The lowest BCUT2D eigenvalue weighted by atomic mass is 10.0. The summed E-state index contributed by atoms with van der Waals surface area (Å²) in [5.74, 6) is 0. The molecule has 0 saturated heterocycles. The van der Waals surface area contributed by atoms with Crippen LogP contribution in [0.3, 0.4) is 0 Å². The van der Waals surface area contributed by atoms with Gasteiger partial charge in [0.2, 0.25) is 0 Å². The van der Waals surface area contributed by atoms with E-state index < -0.39 is 6.26 Å². The molecule has 0 rings (SSSR count). The molecule has 0 aromatic carbocycles. The second kappa shape index (κ2) is 4.74. The van der Waals surface area contributed by atoms with E-state index in [9.17, 15) is 0 Å². The molecule has 0 amide bonds. The van der Waals surface area contributed by atoms with Gasteiger partial charge in [0.1, 0.15) is 0 Å². The highest BCUT2D eigenvalue weighted by atomic mass is 32.4. The van der Waals surface area contributed by atoms with Crippen LogP contribution in [0, 0.1) is 0 Å². The topological polar surface area (TPSA) is 9.23 Å². The van der Waals surface area contributed by atoms with Gasteiger partial charge in [0.25, 0.3) is 0 Å². The molecule has 0 aliphatic carbocycles. The second-order valence-corrected chi connectivity index (χ2v) is 9.09. The van der Waals surface area contributed by atoms with Crippen molar-refractivity contribution >= 4 is 18.1 Å². The summed E-state index contributed by atoms with van der Waals surface area (Å²) in [4.78, 5) is 0. The first-order valence-electron chi connectivity index (χ1n) is 4.60. The summed E-state index contributed by atoms with van der Waals surface area (Å²) in [6.07, 6.45) is 1.76. The Morgan fingerprint density at radius 3 is 2.17 bits per heavy atom. The van der Waals surface area contributed by atoms with E-state index >= 15 is 0 Å². The van der Waals surface area contributed by atoms with Gasteiger partial charge in [0.15, 0.2) is 0 Å². The van der Waals surface area contributed by atoms with E-state index in [0.717, 1.165) is 19.0 Å². The van der Waals surface area contributed by atoms with E-state index in [-0.39, 0.29) is 5.60 Å². The third kappa shape index (κ3) is 5.29. The van der Waals surface area contributed by atoms with Gasteiger partial charge in [-0.05, 0) is 33.1 Å². The fourth-order valence-corrected chi connectivity index (χ4v) is 3.11. The van der Waals surface area contributed by atoms with Crippen molar-refractivity contribution in [3.05, 3.63) is 0 Å². The summed E-state index contributed by atoms with van der Waals surface area (Å²) in [6.45, 7) is 10.6. The standard InChI is InChI=1S/C9H21OPS/c1-6-8-9(3,4)10-11(5,12)7-2/h6-8H2,1-5H3. The molecule has 0 bridgehead atoms. The Labute approximate surface area is 82.0 Å². The molecule has 0 saturated carbocycles. The van der Waals surface area contributed by atoms with Gasteiger partial charge in [-0.25, -0.2) is 0 Å². The molecule has 74 valence electrons. The molecule has 0 aliphatic rings. The largest absolute Gasteiger partial charge is 0.345 e. The predicted octanol–water partition coefficient (Wildman–Crippen LogP) is 3.63. The third-order valence-corrected chi connectivity index (χ3v) is 4.89. The Bertz CT molecular complexity index is 177. The summed E-state index contributed by atoms with van der Waals surface area (Å²) < 4.78 is 5.94. The van der Waals surface area contributed by atoms with Crippen LogP contribution in [-0.2, 0) is 16.3 Å². The highest BCUT2D eigenvalue weighted by molar-refractivity contribution is 8.11. The van der Waals surface area contributed by atoms with Gasteiger partial charge in [0.05, 0.1) is 11.9 Å². The summed E-state index contributed by atoms with van der Waals surface area (Å²) in [7, 11) is 0. The summed E-state index contributed by atoms with van der Waals surface area (Å²) in [5, 5.41) is 0. The zero-order chi connectivity index (χ0) is 9.83. The minimum absolute atomic E-state index is 0.0188. The first-order chi connectivity index (χ1) is 5.33. The van der Waals surface area contributed by atoms with Gasteiger partial charge in [-0.3, -0.25) is 0 Å². The van der Waals surface area contributed by atoms with E-state index in [2.05, 4.69) is 34.4 Å². The molecular weight excluding hydrogens is 187 g/mol. The molecule has 0 fully saturated rings. The number of rotatable bonds is 5. The predicted molar refractivity (Wildman–Crippen MR) is 60.8 cm³/mol. The van der Waals surface area contributed by atoms with Crippen molar-refractivity contribution in [1.82, 2.24) is 0 Å². The van der Waals surface area contributed by atoms with Crippen molar-refractivity contribution in [2.24, 2.45) is 0 Å². The first kappa shape index (κ1) is 12.6. The molecule has 1 atom stereocenters. The Hall–Kier alpha value is 0.610. The van der Waals surface area contributed by atoms with Crippen LogP contribution in [-0.4, -0.2) is 18.4 Å². The Morgan fingerprint density at radius 2 is 1.83 bits per heavy atom. The quantitative estimate of drug-likeness (QED) is 0.638.